The Morgan fingerprint density at radius 1 is 0.815 bits per heavy atom. The second-order valence-corrected chi connectivity index (χ2v) is 5.97. The lowest BCUT2D eigenvalue weighted by Crippen LogP contribution is -2.08. The zero-order valence-corrected chi connectivity index (χ0v) is 14.7. The molecule has 0 amide bonds. The molecule has 0 aliphatic rings. The van der Waals surface area contributed by atoms with Gasteiger partial charge in [0.25, 0.3) is 0 Å². The fourth-order valence-electron chi connectivity index (χ4n) is 2.65. The fourth-order valence-corrected chi connectivity index (χ4v) is 2.65. The summed E-state index contributed by atoms with van der Waals surface area (Å²) in [6, 6.07) is 19.7. The number of anilines is 2. The molecule has 6 nitrogen and oxygen atoms in total. The number of aromatic nitrogens is 3. The van der Waals surface area contributed by atoms with Gasteiger partial charge in [0.2, 0.25) is 5.95 Å². The molecule has 134 valence electrons. The molecule has 0 spiro atoms. The SMILES string of the molecule is c1ccc(-c2cc(NCc3ccco3)nc(NCc3ccncc3)n2)cc1. The van der Waals surface area contributed by atoms with Crippen LogP contribution in [0.3, 0.4) is 0 Å². The summed E-state index contributed by atoms with van der Waals surface area (Å²) in [4.78, 5) is 13.3. The van der Waals surface area contributed by atoms with Crippen LogP contribution in [0.25, 0.3) is 11.3 Å². The summed E-state index contributed by atoms with van der Waals surface area (Å²) in [5, 5.41) is 6.59. The van der Waals surface area contributed by atoms with E-state index in [0.29, 0.717) is 19.0 Å². The number of nitrogens with zero attached hydrogens (tertiary/aromatic N) is 3. The normalized spacial score (nSPS) is 10.5. The molecule has 6 heteroatoms. The molecule has 3 heterocycles. The van der Waals surface area contributed by atoms with Gasteiger partial charge >= 0.3 is 0 Å². The summed E-state index contributed by atoms with van der Waals surface area (Å²) < 4.78 is 5.38. The van der Waals surface area contributed by atoms with E-state index in [1.54, 1.807) is 18.7 Å². The van der Waals surface area contributed by atoms with Crippen LogP contribution in [0, 0.1) is 0 Å². The first-order valence-electron chi connectivity index (χ1n) is 8.70. The van der Waals surface area contributed by atoms with Crippen LogP contribution in [-0.4, -0.2) is 15.0 Å². The van der Waals surface area contributed by atoms with E-state index in [4.69, 9.17) is 4.42 Å². The van der Waals surface area contributed by atoms with Crippen molar-refractivity contribution in [2.45, 2.75) is 13.1 Å². The van der Waals surface area contributed by atoms with E-state index in [1.807, 2.05) is 60.7 Å². The van der Waals surface area contributed by atoms with Crippen molar-refractivity contribution in [1.29, 1.82) is 0 Å². The lowest BCUT2D eigenvalue weighted by molar-refractivity contribution is 0.518. The van der Waals surface area contributed by atoms with Gasteiger partial charge in [-0.3, -0.25) is 4.98 Å². The van der Waals surface area contributed by atoms with Gasteiger partial charge in [0.1, 0.15) is 11.6 Å². The van der Waals surface area contributed by atoms with Gasteiger partial charge in [-0.15, -0.1) is 0 Å². The van der Waals surface area contributed by atoms with E-state index in [1.165, 1.54) is 0 Å². The number of hydrogen-bond acceptors (Lipinski definition) is 6. The molecule has 4 aromatic rings. The van der Waals surface area contributed by atoms with E-state index in [-0.39, 0.29) is 0 Å². The molecule has 0 aliphatic carbocycles. The Bertz CT molecular complexity index is 972. The average Bonchev–Trinajstić information content (AvgIpc) is 3.26. The van der Waals surface area contributed by atoms with Crippen LogP contribution in [0.5, 0.6) is 0 Å². The van der Waals surface area contributed by atoms with Gasteiger partial charge in [-0.25, -0.2) is 4.98 Å². The van der Waals surface area contributed by atoms with Gasteiger partial charge in [-0.2, -0.15) is 4.98 Å². The summed E-state index contributed by atoms with van der Waals surface area (Å²) in [6.07, 6.45) is 5.21. The predicted molar refractivity (Wildman–Crippen MR) is 105 cm³/mol. The summed E-state index contributed by atoms with van der Waals surface area (Å²) in [5.74, 6) is 2.15. The van der Waals surface area contributed by atoms with Crippen LogP contribution in [0.2, 0.25) is 0 Å². The third kappa shape index (κ3) is 4.49. The lowest BCUT2D eigenvalue weighted by atomic mass is 10.1. The summed E-state index contributed by atoms with van der Waals surface area (Å²) in [7, 11) is 0. The molecule has 0 unspecified atom stereocenters. The Morgan fingerprint density at radius 2 is 1.67 bits per heavy atom. The van der Waals surface area contributed by atoms with Crippen LogP contribution in [-0.2, 0) is 13.1 Å². The van der Waals surface area contributed by atoms with Crippen molar-refractivity contribution in [1.82, 2.24) is 15.0 Å². The van der Waals surface area contributed by atoms with E-state index < -0.39 is 0 Å². The maximum atomic E-state index is 5.38. The van der Waals surface area contributed by atoms with Crippen LogP contribution < -0.4 is 10.6 Å². The Kier molecular flexibility index (Phi) is 5.06. The summed E-state index contributed by atoms with van der Waals surface area (Å²) >= 11 is 0. The van der Waals surface area contributed by atoms with Crippen LogP contribution in [0.1, 0.15) is 11.3 Å². The molecule has 0 saturated heterocycles. The van der Waals surface area contributed by atoms with Crippen LogP contribution in [0.15, 0.2) is 83.7 Å². The summed E-state index contributed by atoms with van der Waals surface area (Å²) in [5.41, 5.74) is 3.00. The third-order valence-corrected chi connectivity index (χ3v) is 4.02. The third-order valence-electron chi connectivity index (χ3n) is 4.02. The monoisotopic (exact) mass is 357 g/mol. The molecular formula is C21H19N5O. The van der Waals surface area contributed by atoms with Crippen molar-refractivity contribution in [2.24, 2.45) is 0 Å². The van der Waals surface area contributed by atoms with E-state index >= 15 is 0 Å². The number of pyridine rings is 1. The molecule has 0 saturated carbocycles. The van der Waals surface area contributed by atoms with Crippen LogP contribution in [0.4, 0.5) is 11.8 Å². The maximum absolute atomic E-state index is 5.38. The first kappa shape index (κ1) is 16.8. The highest BCUT2D eigenvalue weighted by molar-refractivity contribution is 5.64. The Balaban J connectivity index is 1.57. The van der Waals surface area contributed by atoms with Gasteiger partial charge in [0.15, 0.2) is 0 Å². The number of benzene rings is 1. The van der Waals surface area contributed by atoms with Crippen molar-refractivity contribution in [2.75, 3.05) is 10.6 Å². The average molecular weight is 357 g/mol. The highest BCUT2D eigenvalue weighted by atomic mass is 16.3. The number of nitrogens with one attached hydrogen (secondary N) is 2. The molecule has 27 heavy (non-hydrogen) atoms. The van der Waals surface area contributed by atoms with Crippen molar-refractivity contribution in [3.05, 3.63) is 90.6 Å². The molecule has 0 aliphatic heterocycles. The van der Waals surface area contributed by atoms with E-state index in [2.05, 4.69) is 25.6 Å². The lowest BCUT2D eigenvalue weighted by Gasteiger charge is -2.11. The Labute approximate surface area is 157 Å². The summed E-state index contributed by atoms with van der Waals surface area (Å²) in [6.45, 7) is 1.18. The standard InChI is InChI=1S/C21H19N5O/c1-2-5-17(6-3-1)19-13-20(23-15-18-7-4-12-27-18)26-21(25-19)24-14-16-8-10-22-11-9-16/h1-13H,14-15H2,(H2,23,24,25,26). The first-order chi connectivity index (χ1) is 13.4. The molecule has 3 aromatic heterocycles. The van der Waals surface area contributed by atoms with Gasteiger partial charge in [0.05, 0.1) is 18.5 Å². The minimum Gasteiger partial charge on any atom is -0.467 e. The smallest absolute Gasteiger partial charge is 0.225 e. The van der Waals surface area contributed by atoms with Gasteiger partial charge in [-0.1, -0.05) is 30.3 Å². The Morgan fingerprint density at radius 3 is 2.44 bits per heavy atom. The van der Waals surface area contributed by atoms with E-state index in [0.717, 1.165) is 28.4 Å². The molecule has 1 aromatic carbocycles. The first-order valence-corrected chi connectivity index (χ1v) is 8.70. The molecule has 2 N–H and O–H groups in total. The topological polar surface area (TPSA) is 75.9 Å². The highest BCUT2D eigenvalue weighted by Gasteiger charge is 2.07. The predicted octanol–water partition coefficient (Wildman–Crippen LogP) is 4.36. The van der Waals surface area contributed by atoms with E-state index in [9.17, 15) is 0 Å². The molecule has 0 fully saturated rings. The number of rotatable bonds is 7. The zero-order chi connectivity index (χ0) is 18.3. The molecule has 4 rings (SSSR count). The van der Waals surface area contributed by atoms with Gasteiger partial charge in [-0.05, 0) is 29.8 Å². The molecular weight excluding hydrogens is 338 g/mol. The second-order valence-electron chi connectivity index (χ2n) is 5.97. The zero-order valence-electron chi connectivity index (χ0n) is 14.7. The minimum absolute atomic E-state index is 0.558. The molecule has 0 radical (unpaired) electrons. The maximum Gasteiger partial charge on any atom is 0.225 e. The minimum atomic E-state index is 0.558. The molecule has 0 bridgehead atoms. The fraction of sp³-hybridized carbons (Fsp3) is 0.0952. The largest absolute Gasteiger partial charge is 0.467 e. The van der Waals surface area contributed by atoms with Crippen molar-refractivity contribution in [3.63, 3.8) is 0 Å². The van der Waals surface area contributed by atoms with Crippen molar-refractivity contribution >= 4 is 11.8 Å². The second kappa shape index (κ2) is 8.14. The quantitative estimate of drug-likeness (QED) is 0.512. The Hall–Kier alpha value is -3.67. The number of furan rings is 1. The van der Waals surface area contributed by atoms with Gasteiger partial charge < -0.3 is 15.1 Å². The van der Waals surface area contributed by atoms with Crippen molar-refractivity contribution < 1.29 is 4.42 Å². The van der Waals surface area contributed by atoms with Crippen LogP contribution >= 0.6 is 0 Å². The number of hydrogen-bond donors (Lipinski definition) is 2. The van der Waals surface area contributed by atoms with Crippen molar-refractivity contribution in [3.8, 4) is 11.3 Å². The van der Waals surface area contributed by atoms with Gasteiger partial charge in [0, 0.05) is 30.6 Å². The molecule has 0 atom stereocenters. The highest BCUT2D eigenvalue weighted by Crippen LogP contribution is 2.22.